The first-order valence-corrected chi connectivity index (χ1v) is 7.86. The van der Waals surface area contributed by atoms with E-state index in [2.05, 4.69) is 19.9 Å². The molecule has 0 saturated carbocycles. The summed E-state index contributed by atoms with van der Waals surface area (Å²) in [6.45, 7) is 3.83. The molecule has 110 valence electrons. The summed E-state index contributed by atoms with van der Waals surface area (Å²) in [6.07, 6.45) is 11.9. The van der Waals surface area contributed by atoms with E-state index < -0.39 is 0 Å². The molecule has 1 aliphatic rings. The smallest absolute Gasteiger partial charge is 0.178 e. The molecule has 0 bridgehead atoms. The standard InChI is InChI=1S/C17H22N4/c1-3-9-18-16(8-1)17-19-13-15(14-20-17)7-2-4-10-21-11-5-6-12-21/h1,3,8-9,13-14H,2,4-7,10-12H2. The Hall–Kier alpha value is -1.81. The van der Waals surface area contributed by atoms with Crippen LogP contribution in [-0.2, 0) is 6.42 Å². The Bertz CT molecular complexity index is 532. The Morgan fingerprint density at radius 1 is 0.952 bits per heavy atom. The molecular formula is C17H22N4. The van der Waals surface area contributed by atoms with Crippen LogP contribution in [0.3, 0.4) is 0 Å². The third kappa shape index (κ3) is 4.08. The van der Waals surface area contributed by atoms with Crippen LogP contribution in [0.4, 0.5) is 0 Å². The fourth-order valence-electron chi connectivity index (χ4n) is 2.78. The Kier molecular flexibility index (Phi) is 4.90. The number of unbranched alkanes of at least 4 members (excludes halogenated alkanes) is 1. The van der Waals surface area contributed by atoms with Gasteiger partial charge < -0.3 is 4.90 Å². The number of nitrogens with zero attached hydrogens (tertiary/aromatic N) is 4. The number of hydrogen-bond acceptors (Lipinski definition) is 4. The van der Waals surface area contributed by atoms with Gasteiger partial charge in [-0.05, 0) is 69.4 Å². The topological polar surface area (TPSA) is 41.9 Å². The van der Waals surface area contributed by atoms with Crippen molar-refractivity contribution in [2.45, 2.75) is 32.1 Å². The molecule has 1 aliphatic heterocycles. The molecule has 0 radical (unpaired) electrons. The van der Waals surface area contributed by atoms with Gasteiger partial charge in [-0.2, -0.15) is 0 Å². The summed E-state index contributed by atoms with van der Waals surface area (Å²) >= 11 is 0. The quantitative estimate of drug-likeness (QED) is 0.764. The molecule has 2 aromatic heterocycles. The van der Waals surface area contributed by atoms with Gasteiger partial charge in [0.15, 0.2) is 5.82 Å². The molecule has 2 aromatic rings. The molecule has 0 atom stereocenters. The SMILES string of the molecule is c1ccc(-c2ncc(CCCCN3CCCC3)cn2)nc1. The van der Waals surface area contributed by atoms with Crippen LogP contribution in [0.2, 0.25) is 0 Å². The molecule has 1 fully saturated rings. The van der Waals surface area contributed by atoms with Gasteiger partial charge in [0, 0.05) is 18.6 Å². The molecule has 1 saturated heterocycles. The predicted octanol–water partition coefficient (Wildman–Crippen LogP) is 2.96. The third-order valence-electron chi connectivity index (χ3n) is 3.99. The lowest BCUT2D eigenvalue weighted by Gasteiger charge is -2.13. The molecule has 0 aromatic carbocycles. The van der Waals surface area contributed by atoms with E-state index in [-0.39, 0.29) is 0 Å². The molecule has 4 heteroatoms. The zero-order chi connectivity index (χ0) is 14.3. The van der Waals surface area contributed by atoms with Crippen LogP contribution >= 0.6 is 0 Å². The summed E-state index contributed by atoms with van der Waals surface area (Å²) in [7, 11) is 0. The third-order valence-corrected chi connectivity index (χ3v) is 3.99. The van der Waals surface area contributed by atoms with Gasteiger partial charge in [-0.3, -0.25) is 4.98 Å². The summed E-state index contributed by atoms with van der Waals surface area (Å²) in [5, 5.41) is 0. The number of hydrogen-bond donors (Lipinski definition) is 0. The largest absolute Gasteiger partial charge is 0.303 e. The molecule has 0 aliphatic carbocycles. The first kappa shape index (κ1) is 14.1. The van der Waals surface area contributed by atoms with Crippen LogP contribution in [0, 0.1) is 0 Å². The van der Waals surface area contributed by atoms with Gasteiger partial charge >= 0.3 is 0 Å². The van der Waals surface area contributed by atoms with Gasteiger partial charge in [-0.25, -0.2) is 9.97 Å². The Morgan fingerprint density at radius 2 is 1.76 bits per heavy atom. The van der Waals surface area contributed by atoms with Gasteiger partial charge in [0.25, 0.3) is 0 Å². The summed E-state index contributed by atoms with van der Waals surface area (Å²) in [5.41, 5.74) is 2.05. The molecule has 4 nitrogen and oxygen atoms in total. The van der Waals surface area contributed by atoms with E-state index >= 15 is 0 Å². The highest BCUT2D eigenvalue weighted by Crippen LogP contribution is 2.12. The van der Waals surface area contributed by atoms with Crippen LogP contribution in [0.1, 0.15) is 31.2 Å². The molecule has 0 amide bonds. The highest BCUT2D eigenvalue weighted by molar-refractivity contribution is 5.47. The maximum atomic E-state index is 4.42. The van der Waals surface area contributed by atoms with Crippen molar-refractivity contribution in [1.82, 2.24) is 19.9 Å². The van der Waals surface area contributed by atoms with Crippen LogP contribution < -0.4 is 0 Å². The number of likely N-dealkylation sites (tertiary alicyclic amines) is 1. The fraction of sp³-hybridized carbons (Fsp3) is 0.471. The van der Waals surface area contributed by atoms with E-state index in [1.165, 1.54) is 50.9 Å². The maximum absolute atomic E-state index is 4.42. The van der Waals surface area contributed by atoms with E-state index in [1.807, 2.05) is 30.6 Å². The molecule has 3 rings (SSSR count). The van der Waals surface area contributed by atoms with E-state index in [0.717, 1.165) is 12.1 Å². The second-order valence-electron chi connectivity index (χ2n) is 5.64. The number of pyridine rings is 1. The van der Waals surface area contributed by atoms with Crippen molar-refractivity contribution in [3.63, 3.8) is 0 Å². The van der Waals surface area contributed by atoms with Gasteiger partial charge in [0.1, 0.15) is 5.69 Å². The summed E-state index contributed by atoms with van der Waals surface area (Å²) in [4.78, 5) is 15.7. The van der Waals surface area contributed by atoms with Crippen LogP contribution in [-0.4, -0.2) is 39.5 Å². The minimum Gasteiger partial charge on any atom is -0.303 e. The van der Waals surface area contributed by atoms with Crippen molar-refractivity contribution in [1.29, 1.82) is 0 Å². The summed E-state index contributed by atoms with van der Waals surface area (Å²) in [6, 6.07) is 5.79. The average molecular weight is 282 g/mol. The Balaban J connectivity index is 1.46. The van der Waals surface area contributed by atoms with Gasteiger partial charge in [0.2, 0.25) is 0 Å². The first-order valence-electron chi connectivity index (χ1n) is 7.86. The van der Waals surface area contributed by atoms with Crippen molar-refractivity contribution in [2.75, 3.05) is 19.6 Å². The highest BCUT2D eigenvalue weighted by atomic mass is 15.1. The average Bonchev–Trinajstić information content (AvgIpc) is 3.06. The number of aromatic nitrogens is 3. The summed E-state index contributed by atoms with van der Waals surface area (Å²) in [5.74, 6) is 0.705. The molecule has 0 spiro atoms. The van der Waals surface area contributed by atoms with E-state index in [0.29, 0.717) is 5.82 Å². The lowest BCUT2D eigenvalue weighted by molar-refractivity contribution is 0.330. The van der Waals surface area contributed by atoms with Crippen molar-refractivity contribution in [2.24, 2.45) is 0 Å². The molecule has 3 heterocycles. The second-order valence-corrected chi connectivity index (χ2v) is 5.64. The van der Waals surface area contributed by atoms with Crippen LogP contribution in [0.15, 0.2) is 36.8 Å². The predicted molar refractivity (Wildman–Crippen MR) is 83.9 cm³/mol. The van der Waals surface area contributed by atoms with Crippen LogP contribution in [0.25, 0.3) is 11.5 Å². The monoisotopic (exact) mass is 282 g/mol. The van der Waals surface area contributed by atoms with Crippen molar-refractivity contribution < 1.29 is 0 Å². The number of rotatable bonds is 6. The van der Waals surface area contributed by atoms with E-state index in [9.17, 15) is 0 Å². The lowest BCUT2D eigenvalue weighted by atomic mass is 10.1. The van der Waals surface area contributed by atoms with Gasteiger partial charge in [-0.15, -0.1) is 0 Å². The molecule has 0 unspecified atom stereocenters. The van der Waals surface area contributed by atoms with Crippen molar-refractivity contribution in [3.8, 4) is 11.5 Å². The van der Waals surface area contributed by atoms with E-state index in [4.69, 9.17) is 0 Å². The highest BCUT2D eigenvalue weighted by Gasteiger charge is 2.10. The minimum atomic E-state index is 0.705. The zero-order valence-electron chi connectivity index (χ0n) is 12.4. The minimum absolute atomic E-state index is 0.705. The normalized spacial score (nSPS) is 15.4. The summed E-state index contributed by atoms with van der Waals surface area (Å²) < 4.78 is 0. The molecule has 21 heavy (non-hydrogen) atoms. The maximum Gasteiger partial charge on any atom is 0.178 e. The molecule has 0 N–H and O–H groups in total. The van der Waals surface area contributed by atoms with Gasteiger partial charge in [0.05, 0.1) is 0 Å². The first-order chi connectivity index (χ1) is 10.4. The van der Waals surface area contributed by atoms with Crippen molar-refractivity contribution in [3.05, 3.63) is 42.4 Å². The van der Waals surface area contributed by atoms with Gasteiger partial charge in [-0.1, -0.05) is 6.07 Å². The number of aryl methyl sites for hydroxylation is 1. The fourth-order valence-corrected chi connectivity index (χ4v) is 2.78. The van der Waals surface area contributed by atoms with Crippen molar-refractivity contribution >= 4 is 0 Å². The Labute approximate surface area is 126 Å². The Morgan fingerprint density at radius 3 is 2.48 bits per heavy atom. The lowest BCUT2D eigenvalue weighted by Crippen LogP contribution is -2.20. The van der Waals surface area contributed by atoms with E-state index in [1.54, 1.807) is 6.20 Å². The van der Waals surface area contributed by atoms with Crippen LogP contribution in [0.5, 0.6) is 0 Å². The molecular weight excluding hydrogens is 260 g/mol. The second kappa shape index (κ2) is 7.27. The zero-order valence-corrected chi connectivity index (χ0v) is 12.4.